The van der Waals surface area contributed by atoms with Gasteiger partial charge in [-0.2, -0.15) is 0 Å². The van der Waals surface area contributed by atoms with Crippen LogP contribution in [0.4, 0.5) is 5.69 Å². The fraction of sp³-hybridized carbons (Fsp3) is 0.238. The molecule has 0 unspecified atom stereocenters. The van der Waals surface area contributed by atoms with Crippen molar-refractivity contribution in [3.05, 3.63) is 65.2 Å². The van der Waals surface area contributed by atoms with Crippen LogP contribution in [0.2, 0.25) is 0 Å². The number of hydrogen-bond donors (Lipinski definition) is 2. The molecule has 8 heteroatoms. The molecular formula is C21H23N3O4S. The van der Waals surface area contributed by atoms with Crippen molar-refractivity contribution in [1.82, 2.24) is 10.2 Å². The van der Waals surface area contributed by atoms with E-state index in [1.54, 1.807) is 19.0 Å². The Kier molecular flexibility index (Phi) is 7.85. The van der Waals surface area contributed by atoms with Crippen molar-refractivity contribution < 1.29 is 19.1 Å². The molecular weight excluding hydrogens is 390 g/mol. The molecule has 2 amide bonds. The number of thiocarbonyl (C=S) groups is 1. The first-order valence-electron chi connectivity index (χ1n) is 8.90. The molecule has 29 heavy (non-hydrogen) atoms. The van der Waals surface area contributed by atoms with E-state index in [0.29, 0.717) is 29.7 Å². The van der Waals surface area contributed by atoms with E-state index in [9.17, 15) is 14.4 Å². The number of carbonyl (C=O) groups is 3. The normalized spacial score (nSPS) is 10.0. The average molecular weight is 413 g/mol. The SMILES string of the molecule is COC(=O)c1ccc(C(=O)NC(=S)Nc2cccc(CCC(=O)N(C)C)c2)cc1. The number of rotatable bonds is 6. The molecule has 152 valence electrons. The minimum atomic E-state index is -0.471. The van der Waals surface area contributed by atoms with E-state index < -0.39 is 11.9 Å². The molecule has 0 atom stereocenters. The fourth-order valence-corrected chi connectivity index (χ4v) is 2.70. The Labute approximate surface area is 175 Å². The van der Waals surface area contributed by atoms with Crippen LogP contribution < -0.4 is 10.6 Å². The Morgan fingerprint density at radius 1 is 1.03 bits per heavy atom. The van der Waals surface area contributed by atoms with Gasteiger partial charge in [0, 0.05) is 31.8 Å². The summed E-state index contributed by atoms with van der Waals surface area (Å²) in [5.74, 6) is -0.808. The zero-order valence-corrected chi connectivity index (χ0v) is 17.3. The van der Waals surface area contributed by atoms with Crippen LogP contribution in [0.5, 0.6) is 0 Å². The van der Waals surface area contributed by atoms with Gasteiger partial charge in [0.1, 0.15) is 0 Å². The molecule has 2 N–H and O–H groups in total. The van der Waals surface area contributed by atoms with Crippen molar-refractivity contribution in [2.24, 2.45) is 0 Å². The molecule has 2 rings (SSSR count). The summed E-state index contributed by atoms with van der Waals surface area (Å²) in [6, 6.07) is 13.5. The lowest BCUT2D eigenvalue weighted by Gasteiger charge is -2.12. The number of methoxy groups -OCH3 is 1. The lowest BCUT2D eigenvalue weighted by molar-refractivity contribution is -0.128. The zero-order chi connectivity index (χ0) is 21.4. The van der Waals surface area contributed by atoms with Crippen LogP contribution >= 0.6 is 12.2 Å². The summed E-state index contributed by atoms with van der Waals surface area (Å²) >= 11 is 5.20. The molecule has 7 nitrogen and oxygen atoms in total. The van der Waals surface area contributed by atoms with Crippen molar-refractivity contribution in [1.29, 1.82) is 0 Å². The predicted molar refractivity (Wildman–Crippen MR) is 115 cm³/mol. The second-order valence-corrected chi connectivity index (χ2v) is 6.87. The number of carbonyl (C=O) groups excluding carboxylic acids is 3. The Morgan fingerprint density at radius 3 is 2.31 bits per heavy atom. The number of ether oxygens (including phenoxy) is 1. The minimum Gasteiger partial charge on any atom is -0.465 e. The summed E-state index contributed by atoms with van der Waals surface area (Å²) in [5.41, 5.74) is 2.41. The monoisotopic (exact) mass is 413 g/mol. The van der Waals surface area contributed by atoms with Crippen molar-refractivity contribution in [3.8, 4) is 0 Å². The van der Waals surface area contributed by atoms with Crippen LogP contribution in [-0.2, 0) is 16.0 Å². The molecule has 0 saturated carbocycles. The third-order valence-electron chi connectivity index (χ3n) is 4.11. The first kappa shape index (κ1) is 22.0. The number of aryl methyl sites for hydroxylation is 1. The first-order chi connectivity index (χ1) is 13.8. The maximum atomic E-state index is 12.3. The summed E-state index contributed by atoms with van der Waals surface area (Å²) in [5, 5.41) is 5.71. The molecule has 2 aromatic carbocycles. The van der Waals surface area contributed by atoms with Gasteiger partial charge >= 0.3 is 5.97 Å². The Morgan fingerprint density at radius 2 is 1.69 bits per heavy atom. The smallest absolute Gasteiger partial charge is 0.337 e. The van der Waals surface area contributed by atoms with E-state index in [-0.39, 0.29) is 11.0 Å². The van der Waals surface area contributed by atoms with Gasteiger partial charge in [-0.05, 0) is 60.6 Å². The topological polar surface area (TPSA) is 87.7 Å². The maximum Gasteiger partial charge on any atom is 0.337 e. The molecule has 0 bridgehead atoms. The molecule has 0 aliphatic heterocycles. The molecule has 2 aromatic rings. The number of hydrogen-bond acceptors (Lipinski definition) is 5. The van der Waals surface area contributed by atoms with Gasteiger partial charge in [0.2, 0.25) is 5.91 Å². The summed E-state index contributed by atoms with van der Waals surface area (Å²) in [6.45, 7) is 0. The fourth-order valence-electron chi connectivity index (χ4n) is 2.49. The van der Waals surface area contributed by atoms with E-state index >= 15 is 0 Å². The molecule has 0 fully saturated rings. The van der Waals surface area contributed by atoms with Gasteiger partial charge in [-0.25, -0.2) is 4.79 Å². The van der Waals surface area contributed by atoms with Gasteiger partial charge in [0.05, 0.1) is 12.7 Å². The summed E-state index contributed by atoms with van der Waals surface area (Å²) in [4.78, 5) is 37.0. The van der Waals surface area contributed by atoms with Crippen LogP contribution in [0.3, 0.4) is 0 Å². The van der Waals surface area contributed by atoms with E-state index in [4.69, 9.17) is 12.2 Å². The lowest BCUT2D eigenvalue weighted by atomic mass is 10.1. The standard InChI is InChI=1S/C21H23N3O4S/c1-24(2)18(25)12-7-14-5-4-6-17(13-14)22-21(29)23-19(26)15-8-10-16(11-9-15)20(27)28-3/h4-6,8-11,13H,7,12H2,1-3H3,(H2,22,23,26,29). The minimum absolute atomic E-state index is 0.0596. The lowest BCUT2D eigenvalue weighted by Crippen LogP contribution is -2.34. The highest BCUT2D eigenvalue weighted by molar-refractivity contribution is 7.80. The van der Waals surface area contributed by atoms with E-state index in [1.807, 2.05) is 24.3 Å². The Balaban J connectivity index is 1.93. The summed E-state index contributed by atoms with van der Waals surface area (Å²) in [6.07, 6.45) is 1.03. The summed E-state index contributed by atoms with van der Waals surface area (Å²) < 4.78 is 4.63. The number of esters is 1. The second kappa shape index (κ2) is 10.3. The average Bonchev–Trinajstić information content (AvgIpc) is 2.71. The molecule has 0 heterocycles. The van der Waals surface area contributed by atoms with Gasteiger partial charge in [-0.3, -0.25) is 14.9 Å². The van der Waals surface area contributed by atoms with Crippen LogP contribution in [-0.4, -0.2) is 49.0 Å². The van der Waals surface area contributed by atoms with E-state index in [1.165, 1.54) is 31.4 Å². The van der Waals surface area contributed by atoms with Crippen LogP contribution in [0.25, 0.3) is 0 Å². The highest BCUT2D eigenvalue weighted by atomic mass is 32.1. The van der Waals surface area contributed by atoms with Gasteiger partial charge in [0.25, 0.3) is 5.91 Å². The number of benzene rings is 2. The first-order valence-corrected chi connectivity index (χ1v) is 9.30. The molecule has 0 aromatic heterocycles. The number of nitrogens with one attached hydrogen (secondary N) is 2. The molecule has 0 aliphatic rings. The highest BCUT2D eigenvalue weighted by Crippen LogP contribution is 2.13. The molecule has 0 saturated heterocycles. The summed E-state index contributed by atoms with van der Waals surface area (Å²) in [7, 11) is 4.75. The van der Waals surface area contributed by atoms with Gasteiger partial charge in [0.15, 0.2) is 5.11 Å². The van der Waals surface area contributed by atoms with E-state index in [0.717, 1.165) is 5.56 Å². The van der Waals surface area contributed by atoms with Gasteiger partial charge < -0.3 is 15.0 Å². The third-order valence-corrected chi connectivity index (χ3v) is 4.31. The quantitative estimate of drug-likeness (QED) is 0.559. The van der Waals surface area contributed by atoms with Crippen molar-refractivity contribution in [2.45, 2.75) is 12.8 Å². The van der Waals surface area contributed by atoms with E-state index in [2.05, 4.69) is 15.4 Å². The third kappa shape index (κ3) is 6.69. The highest BCUT2D eigenvalue weighted by Gasteiger charge is 2.11. The largest absolute Gasteiger partial charge is 0.465 e. The Bertz CT molecular complexity index is 910. The number of nitrogens with zero attached hydrogens (tertiary/aromatic N) is 1. The zero-order valence-electron chi connectivity index (χ0n) is 16.5. The van der Waals surface area contributed by atoms with Crippen molar-refractivity contribution in [3.63, 3.8) is 0 Å². The maximum absolute atomic E-state index is 12.3. The van der Waals surface area contributed by atoms with Crippen LogP contribution in [0.15, 0.2) is 48.5 Å². The second-order valence-electron chi connectivity index (χ2n) is 6.47. The molecule has 0 radical (unpaired) electrons. The molecule has 0 spiro atoms. The van der Waals surface area contributed by atoms with Crippen LogP contribution in [0.1, 0.15) is 32.7 Å². The van der Waals surface area contributed by atoms with Gasteiger partial charge in [-0.15, -0.1) is 0 Å². The number of anilines is 1. The van der Waals surface area contributed by atoms with Crippen molar-refractivity contribution in [2.75, 3.05) is 26.5 Å². The number of amides is 2. The predicted octanol–water partition coefficient (Wildman–Crippen LogP) is 2.62. The van der Waals surface area contributed by atoms with Crippen LogP contribution in [0, 0.1) is 0 Å². The van der Waals surface area contributed by atoms with Gasteiger partial charge in [-0.1, -0.05) is 12.1 Å². The Hall–Kier alpha value is -3.26. The molecule has 0 aliphatic carbocycles. The van der Waals surface area contributed by atoms with Crippen molar-refractivity contribution >= 4 is 40.8 Å².